The predicted octanol–water partition coefficient (Wildman–Crippen LogP) is 0.909. The average Bonchev–Trinajstić information content (AvgIpc) is 2.28. The van der Waals surface area contributed by atoms with Gasteiger partial charge in [0.25, 0.3) is 0 Å². The first kappa shape index (κ1) is 12.8. The average molecular weight is 239 g/mol. The SMILES string of the molecule is CCOc1ccc(C(=O)OCC(=O)O)cc1N. The molecule has 0 aliphatic rings. The third kappa shape index (κ3) is 3.67. The molecule has 0 bridgehead atoms. The van der Waals surface area contributed by atoms with E-state index in [-0.39, 0.29) is 5.56 Å². The van der Waals surface area contributed by atoms with Crippen LogP contribution in [-0.2, 0) is 9.53 Å². The van der Waals surface area contributed by atoms with Crippen LogP contribution in [0.25, 0.3) is 0 Å². The summed E-state index contributed by atoms with van der Waals surface area (Å²) in [6, 6.07) is 4.39. The second kappa shape index (κ2) is 5.74. The zero-order valence-electron chi connectivity index (χ0n) is 9.30. The molecule has 0 aliphatic carbocycles. The molecular weight excluding hydrogens is 226 g/mol. The van der Waals surface area contributed by atoms with Crippen molar-refractivity contribution in [3.05, 3.63) is 23.8 Å². The Labute approximate surface area is 97.9 Å². The molecule has 0 fully saturated rings. The fraction of sp³-hybridized carbons (Fsp3) is 0.273. The number of ether oxygens (including phenoxy) is 2. The van der Waals surface area contributed by atoms with Crippen molar-refractivity contribution < 1.29 is 24.2 Å². The van der Waals surface area contributed by atoms with Crippen LogP contribution in [0.1, 0.15) is 17.3 Å². The van der Waals surface area contributed by atoms with E-state index in [1.807, 2.05) is 6.92 Å². The van der Waals surface area contributed by atoms with Crippen molar-refractivity contribution in [3.63, 3.8) is 0 Å². The summed E-state index contributed by atoms with van der Waals surface area (Å²) in [5, 5.41) is 8.36. The van der Waals surface area contributed by atoms with E-state index in [1.54, 1.807) is 0 Å². The maximum atomic E-state index is 11.4. The molecular formula is C11H13NO5. The highest BCUT2D eigenvalue weighted by Gasteiger charge is 2.11. The third-order valence-electron chi connectivity index (χ3n) is 1.87. The fourth-order valence-corrected chi connectivity index (χ4v) is 1.17. The summed E-state index contributed by atoms with van der Waals surface area (Å²) in [7, 11) is 0. The molecule has 6 heteroatoms. The molecule has 0 saturated carbocycles. The van der Waals surface area contributed by atoms with Crippen molar-refractivity contribution in [2.75, 3.05) is 18.9 Å². The number of hydrogen-bond acceptors (Lipinski definition) is 5. The number of aliphatic carboxylic acids is 1. The molecule has 3 N–H and O–H groups in total. The van der Waals surface area contributed by atoms with Gasteiger partial charge in [-0.25, -0.2) is 9.59 Å². The molecule has 17 heavy (non-hydrogen) atoms. The number of carbonyl (C=O) groups excluding carboxylic acids is 1. The minimum atomic E-state index is -1.21. The van der Waals surface area contributed by atoms with E-state index < -0.39 is 18.5 Å². The quantitative estimate of drug-likeness (QED) is 0.585. The van der Waals surface area contributed by atoms with E-state index in [9.17, 15) is 9.59 Å². The highest BCUT2D eigenvalue weighted by molar-refractivity contribution is 5.92. The number of nitrogens with two attached hydrogens (primary N) is 1. The number of carbonyl (C=O) groups is 2. The summed E-state index contributed by atoms with van der Waals surface area (Å²) < 4.78 is 9.71. The number of carboxylic acids is 1. The molecule has 0 atom stereocenters. The van der Waals surface area contributed by atoms with Crippen LogP contribution in [0.15, 0.2) is 18.2 Å². The molecule has 0 unspecified atom stereocenters. The van der Waals surface area contributed by atoms with Gasteiger partial charge in [0.1, 0.15) is 5.75 Å². The van der Waals surface area contributed by atoms with Gasteiger partial charge in [-0.1, -0.05) is 0 Å². The van der Waals surface area contributed by atoms with Gasteiger partial charge in [-0.15, -0.1) is 0 Å². The number of hydrogen-bond donors (Lipinski definition) is 2. The summed E-state index contributed by atoms with van der Waals surface area (Å²) >= 11 is 0. The molecule has 1 aromatic rings. The number of esters is 1. The minimum absolute atomic E-state index is 0.187. The zero-order chi connectivity index (χ0) is 12.8. The van der Waals surface area contributed by atoms with Crippen LogP contribution in [0.4, 0.5) is 5.69 Å². The molecule has 0 spiro atoms. The molecule has 0 saturated heterocycles. The first-order valence-electron chi connectivity index (χ1n) is 4.95. The van der Waals surface area contributed by atoms with E-state index in [1.165, 1.54) is 18.2 Å². The lowest BCUT2D eigenvalue weighted by molar-refractivity contribution is -0.140. The van der Waals surface area contributed by atoms with Crippen LogP contribution in [0.3, 0.4) is 0 Å². The summed E-state index contributed by atoms with van der Waals surface area (Å²) in [6.07, 6.45) is 0. The van der Waals surface area contributed by atoms with Gasteiger partial charge in [0, 0.05) is 0 Å². The summed E-state index contributed by atoms with van der Waals surface area (Å²) in [4.78, 5) is 21.6. The maximum Gasteiger partial charge on any atom is 0.341 e. The van der Waals surface area contributed by atoms with Crippen LogP contribution >= 0.6 is 0 Å². The second-order valence-electron chi connectivity index (χ2n) is 3.16. The Hall–Kier alpha value is -2.24. The van der Waals surface area contributed by atoms with Gasteiger partial charge >= 0.3 is 11.9 Å². The van der Waals surface area contributed by atoms with E-state index >= 15 is 0 Å². The lowest BCUT2D eigenvalue weighted by Gasteiger charge is -2.08. The molecule has 0 amide bonds. The molecule has 0 aromatic heterocycles. The number of carboxylic acid groups (broad SMARTS) is 1. The van der Waals surface area contributed by atoms with Gasteiger partial charge in [0.05, 0.1) is 17.9 Å². The smallest absolute Gasteiger partial charge is 0.341 e. The fourth-order valence-electron chi connectivity index (χ4n) is 1.17. The van der Waals surface area contributed by atoms with E-state index in [2.05, 4.69) is 4.74 Å². The Kier molecular flexibility index (Phi) is 4.33. The molecule has 1 aromatic carbocycles. The number of rotatable bonds is 5. The minimum Gasteiger partial charge on any atom is -0.492 e. The highest BCUT2D eigenvalue weighted by atomic mass is 16.5. The van der Waals surface area contributed by atoms with Gasteiger partial charge in [-0.05, 0) is 25.1 Å². The Morgan fingerprint density at radius 2 is 2.12 bits per heavy atom. The van der Waals surface area contributed by atoms with Crippen LogP contribution in [0, 0.1) is 0 Å². The number of benzene rings is 1. The Bertz CT molecular complexity index is 430. The van der Waals surface area contributed by atoms with Gasteiger partial charge in [0.15, 0.2) is 6.61 Å². The van der Waals surface area contributed by atoms with Crippen LogP contribution < -0.4 is 10.5 Å². The number of anilines is 1. The summed E-state index contributed by atoms with van der Waals surface area (Å²) in [6.45, 7) is 1.60. The van der Waals surface area contributed by atoms with E-state index in [0.29, 0.717) is 18.0 Å². The Morgan fingerprint density at radius 3 is 2.65 bits per heavy atom. The largest absolute Gasteiger partial charge is 0.492 e. The Morgan fingerprint density at radius 1 is 1.41 bits per heavy atom. The maximum absolute atomic E-state index is 11.4. The topological polar surface area (TPSA) is 98.8 Å². The monoisotopic (exact) mass is 239 g/mol. The van der Waals surface area contributed by atoms with Gasteiger partial charge in [-0.2, -0.15) is 0 Å². The molecule has 1 rings (SSSR count). The van der Waals surface area contributed by atoms with E-state index in [0.717, 1.165) is 0 Å². The number of nitrogen functional groups attached to an aromatic ring is 1. The molecule has 0 aliphatic heterocycles. The standard InChI is InChI=1S/C11H13NO5/c1-2-16-9-4-3-7(5-8(9)12)11(15)17-6-10(13)14/h3-5H,2,6,12H2,1H3,(H,13,14). The van der Waals surface area contributed by atoms with Crippen molar-refractivity contribution in [2.45, 2.75) is 6.92 Å². The van der Waals surface area contributed by atoms with Gasteiger partial charge < -0.3 is 20.3 Å². The highest BCUT2D eigenvalue weighted by Crippen LogP contribution is 2.22. The first-order valence-corrected chi connectivity index (χ1v) is 4.95. The van der Waals surface area contributed by atoms with Crippen LogP contribution in [0.5, 0.6) is 5.75 Å². The Balaban J connectivity index is 2.75. The van der Waals surface area contributed by atoms with Crippen molar-refractivity contribution in [2.24, 2.45) is 0 Å². The van der Waals surface area contributed by atoms with Crippen molar-refractivity contribution in [1.82, 2.24) is 0 Å². The normalized spacial score (nSPS) is 9.71. The van der Waals surface area contributed by atoms with Crippen molar-refractivity contribution in [1.29, 1.82) is 0 Å². The lowest BCUT2D eigenvalue weighted by Crippen LogP contribution is -2.13. The predicted molar refractivity (Wildman–Crippen MR) is 59.9 cm³/mol. The summed E-state index contributed by atoms with van der Waals surface area (Å²) in [5.41, 5.74) is 6.14. The van der Waals surface area contributed by atoms with Crippen molar-refractivity contribution in [3.8, 4) is 5.75 Å². The van der Waals surface area contributed by atoms with Gasteiger partial charge in [-0.3, -0.25) is 0 Å². The zero-order valence-corrected chi connectivity index (χ0v) is 9.30. The summed E-state index contributed by atoms with van der Waals surface area (Å²) in [5.74, 6) is -1.47. The third-order valence-corrected chi connectivity index (χ3v) is 1.87. The lowest BCUT2D eigenvalue weighted by atomic mass is 10.2. The van der Waals surface area contributed by atoms with Crippen LogP contribution in [0.2, 0.25) is 0 Å². The first-order chi connectivity index (χ1) is 8.04. The van der Waals surface area contributed by atoms with Crippen molar-refractivity contribution >= 4 is 17.6 Å². The van der Waals surface area contributed by atoms with Crippen LogP contribution in [-0.4, -0.2) is 30.3 Å². The molecule has 0 radical (unpaired) electrons. The molecule has 6 nitrogen and oxygen atoms in total. The van der Waals surface area contributed by atoms with E-state index in [4.69, 9.17) is 15.6 Å². The molecule has 92 valence electrons. The molecule has 0 heterocycles. The van der Waals surface area contributed by atoms with Gasteiger partial charge in [0.2, 0.25) is 0 Å². The second-order valence-corrected chi connectivity index (χ2v) is 3.16.